The van der Waals surface area contributed by atoms with Crippen LogP contribution < -0.4 is 5.32 Å². The maximum atomic E-state index is 3.52. The van der Waals surface area contributed by atoms with Crippen LogP contribution >= 0.6 is 23.1 Å². The first-order valence-corrected chi connectivity index (χ1v) is 7.80. The fraction of sp³-hybridized carbons (Fsp3) is 0.692. The van der Waals surface area contributed by atoms with Crippen molar-refractivity contribution in [1.29, 1.82) is 0 Å². The number of hydrogen-bond donors (Lipinski definition) is 1. The van der Waals surface area contributed by atoms with E-state index in [2.05, 4.69) is 62.3 Å². The van der Waals surface area contributed by atoms with E-state index in [9.17, 15) is 0 Å². The van der Waals surface area contributed by atoms with Crippen LogP contribution in [-0.2, 0) is 6.54 Å². The van der Waals surface area contributed by atoms with Gasteiger partial charge in [0, 0.05) is 28.5 Å². The minimum Gasteiger partial charge on any atom is -0.311 e. The van der Waals surface area contributed by atoms with E-state index in [0.29, 0.717) is 5.25 Å². The van der Waals surface area contributed by atoms with Gasteiger partial charge in [0.15, 0.2) is 0 Å². The molecule has 3 heteroatoms. The van der Waals surface area contributed by atoms with Crippen molar-refractivity contribution in [2.75, 3.05) is 6.54 Å². The third-order valence-corrected chi connectivity index (χ3v) is 5.18. The van der Waals surface area contributed by atoms with E-state index in [-0.39, 0.29) is 0 Å². The van der Waals surface area contributed by atoms with Gasteiger partial charge in [0.05, 0.1) is 0 Å². The van der Waals surface area contributed by atoms with Crippen LogP contribution in [0.2, 0.25) is 0 Å². The lowest BCUT2D eigenvalue weighted by molar-refractivity contribution is 0.633. The Balaban J connectivity index is 2.13. The van der Waals surface area contributed by atoms with Gasteiger partial charge in [-0.25, -0.2) is 0 Å². The number of hydrogen-bond acceptors (Lipinski definition) is 3. The van der Waals surface area contributed by atoms with Crippen molar-refractivity contribution in [2.45, 2.75) is 44.7 Å². The first-order valence-electron chi connectivity index (χ1n) is 5.98. The van der Waals surface area contributed by atoms with E-state index in [1.54, 1.807) is 0 Å². The molecule has 0 spiro atoms. The zero-order valence-electron chi connectivity index (χ0n) is 10.7. The Bertz CT molecular complexity index is 269. The third-order valence-electron chi connectivity index (χ3n) is 2.70. The summed E-state index contributed by atoms with van der Waals surface area (Å²) < 4.78 is 0. The van der Waals surface area contributed by atoms with Gasteiger partial charge in [0.1, 0.15) is 0 Å². The molecule has 0 aromatic carbocycles. The quantitative estimate of drug-likeness (QED) is 0.792. The van der Waals surface area contributed by atoms with E-state index >= 15 is 0 Å². The van der Waals surface area contributed by atoms with Crippen molar-refractivity contribution in [3.8, 4) is 0 Å². The molecule has 92 valence electrons. The largest absolute Gasteiger partial charge is 0.311 e. The molecule has 1 aromatic rings. The molecule has 1 nitrogen and oxygen atoms in total. The smallest absolute Gasteiger partial charge is 0.0300 e. The molecule has 0 aliphatic heterocycles. The van der Waals surface area contributed by atoms with Gasteiger partial charge < -0.3 is 5.32 Å². The van der Waals surface area contributed by atoms with Gasteiger partial charge in [0.25, 0.3) is 0 Å². The number of nitrogens with one attached hydrogen (secondary N) is 1. The van der Waals surface area contributed by atoms with Crippen LogP contribution in [0.4, 0.5) is 0 Å². The summed E-state index contributed by atoms with van der Waals surface area (Å²) in [5, 5.41) is 7.10. The first-order chi connectivity index (χ1) is 7.59. The predicted octanol–water partition coefficient (Wildman–Crippen LogP) is 4.00. The molecule has 0 aliphatic rings. The Morgan fingerprint density at radius 1 is 1.31 bits per heavy atom. The Morgan fingerprint density at radius 3 is 2.62 bits per heavy atom. The summed E-state index contributed by atoms with van der Waals surface area (Å²) in [6, 6.07) is 4.30. The van der Waals surface area contributed by atoms with Crippen molar-refractivity contribution in [2.24, 2.45) is 5.92 Å². The second-order valence-electron chi connectivity index (χ2n) is 4.61. The lowest BCUT2D eigenvalue weighted by Gasteiger charge is -2.20. The lowest BCUT2D eigenvalue weighted by Crippen LogP contribution is -2.24. The van der Waals surface area contributed by atoms with Gasteiger partial charge in [0.2, 0.25) is 0 Å². The number of thioether (sulfide) groups is 1. The van der Waals surface area contributed by atoms with Gasteiger partial charge in [-0.05, 0) is 17.4 Å². The molecule has 1 aromatic heterocycles. The number of thiophene rings is 1. The molecule has 16 heavy (non-hydrogen) atoms. The minimum absolute atomic E-state index is 0.692. The number of rotatable bonds is 7. The molecule has 1 heterocycles. The maximum absolute atomic E-state index is 3.52. The van der Waals surface area contributed by atoms with Crippen molar-refractivity contribution >= 4 is 23.1 Å². The van der Waals surface area contributed by atoms with Crippen molar-refractivity contribution in [3.05, 3.63) is 22.4 Å². The highest BCUT2D eigenvalue weighted by molar-refractivity contribution is 8.00. The highest BCUT2D eigenvalue weighted by Gasteiger charge is 2.11. The fourth-order valence-electron chi connectivity index (χ4n) is 1.38. The van der Waals surface area contributed by atoms with Crippen LogP contribution in [0, 0.1) is 5.92 Å². The summed E-state index contributed by atoms with van der Waals surface area (Å²) >= 11 is 3.91. The van der Waals surface area contributed by atoms with E-state index in [1.807, 2.05) is 11.3 Å². The molecule has 0 bridgehead atoms. The first kappa shape index (κ1) is 14.1. The van der Waals surface area contributed by atoms with E-state index in [4.69, 9.17) is 0 Å². The van der Waals surface area contributed by atoms with Crippen LogP contribution in [0.1, 0.15) is 32.6 Å². The molecule has 2 unspecified atom stereocenters. The molecule has 1 N–H and O–H groups in total. The Kier molecular flexibility index (Phi) is 6.47. The summed E-state index contributed by atoms with van der Waals surface area (Å²) in [6.07, 6.45) is 0. The molecular weight excluding hydrogens is 234 g/mol. The topological polar surface area (TPSA) is 12.0 Å². The Morgan fingerprint density at radius 2 is 2.06 bits per heavy atom. The monoisotopic (exact) mass is 257 g/mol. The van der Waals surface area contributed by atoms with Gasteiger partial charge >= 0.3 is 0 Å². The Hall–Kier alpha value is 0.01000. The standard InChI is InChI=1S/C13H23NS2/c1-10(2)12(4)16-11(3)8-14-9-13-6-5-7-15-13/h5-7,10-12,14H,8-9H2,1-4H3. The fourth-order valence-corrected chi connectivity index (χ4v) is 3.32. The lowest BCUT2D eigenvalue weighted by atomic mass is 10.2. The average Bonchev–Trinajstić information content (AvgIpc) is 2.70. The normalized spacial score (nSPS) is 15.3. The van der Waals surface area contributed by atoms with Gasteiger partial charge in [-0.2, -0.15) is 11.8 Å². The van der Waals surface area contributed by atoms with Crippen LogP contribution in [0.25, 0.3) is 0 Å². The third kappa shape index (κ3) is 5.37. The van der Waals surface area contributed by atoms with E-state index in [0.717, 1.165) is 24.3 Å². The minimum atomic E-state index is 0.692. The molecular formula is C13H23NS2. The molecule has 0 saturated carbocycles. The van der Waals surface area contributed by atoms with E-state index in [1.165, 1.54) is 4.88 Å². The summed E-state index contributed by atoms with van der Waals surface area (Å²) in [6.45, 7) is 11.3. The maximum Gasteiger partial charge on any atom is 0.0300 e. The second-order valence-corrected chi connectivity index (χ2v) is 7.46. The summed E-state index contributed by atoms with van der Waals surface area (Å²) in [7, 11) is 0. The molecule has 1 rings (SSSR count). The summed E-state index contributed by atoms with van der Waals surface area (Å²) in [4.78, 5) is 1.43. The molecule has 0 amide bonds. The molecule has 0 aliphatic carbocycles. The van der Waals surface area contributed by atoms with Crippen LogP contribution in [0.5, 0.6) is 0 Å². The van der Waals surface area contributed by atoms with Gasteiger partial charge in [-0.15, -0.1) is 11.3 Å². The second kappa shape index (κ2) is 7.36. The van der Waals surface area contributed by atoms with Crippen molar-refractivity contribution in [1.82, 2.24) is 5.32 Å². The SMILES string of the molecule is CC(CNCc1cccs1)SC(C)C(C)C. The summed E-state index contributed by atoms with van der Waals surface area (Å²) in [5.74, 6) is 0.768. The van der Waals surface area contributed by atoms with Crippen molar-refractivity contribution < 1.29 is 0 Å². The van der Waals surface area contributed by atoms with Crippen LogP contribution in [0.15, 0.2) is 17.5 Å². The zero-order chi connectivity index (χ0) is 12.0. The molecule has 0 saturated heterocycles. The van der Waals surface area contributed by atoms with Crippen molar-refractivity contribution in [3.63, 3.8) is 0 Å². The van der Waals surface area contributed by atoms with Crippen LogP contribution in [0.3, 0.4) is 0 Å². The molecule has 0 fully saturated rings. The highest BCUT2D eigenvalue weighted by atomic mass is 32.2. The van der Waals surface area contributed by atoms with Gasteiger partial charge in [-0.1, -0.05) is 33.8 Å². The zero-order valence-corrected chi connectivity index (χ0v) is 12.3. The van der Waals surface area contributed by atoms with Gasteiger partial charge in [-0.3, -0.25) is 0 Å². The van der Waals surface area contributed by atoms with E-state index < -0.39 is 0 Å². The molecule has 0 radical (unpaired) electrons. The predicted molar refractivity (Wildman–Crippen MR) is 77.4 cm³/mol. The average molecular weight is 257 g/mol. The summed E-state index contributed by atoms with van der Waals surface area (Å²) in [5.41, 5.74) is 0. The molecule has 2 atom stereocenters. The Labute approximate surface area is 108 Å². The van der Waals surface area contributed by atoms with Crippen LogP contribution in [-0.4, -0.2) is 17.0 Å². The highest BCUT2D eigenvalue weighted by Crippen LogP contribution is 2.23.